The second-order valence-corrected chi connectivity index (χ2v) is 7.81. The van der Waals surface area contributed by atoms with E-state index in [9.17, 15) is 18.8 Å². The van der Waals surface area contributed by atoms with Crippen LogP contribution in [0, 0.1) is 5.82 Å². The minimum Gasteiger partial charge on any atom is -0.334 e. The van der Waals surface area contributed by atoms with Crippen molar-refractivity contribution in [3.8, 4) is 0 Å². The van der Waals surface area contributed by atoms with E-state index in [1.54, 1.807) is 23.1 Å². The number of hydrogen-bond donors (Lipinski definition) is 1. The Morgan fingerprint density at radius 2 is 1.89 bits per heavy atom. The van der Waals surface area contributed by atoms with Crippen LogP contribution in [-0.2, 0) is 16.1 Å². The van der Waals surface area contributed by atoms with Crippen LogP contribution in [0.2, 0.25) is 0 Å². The molecule has 2 saturated carbocycles. The summed E-state index contributed by atoms with van der Waals surface area (Å²) in [6, 6.07) is 5.94. The van der Waals surface area contributed by atoms with Crippen LogP contribution in [0.5, 0.6) is 0 Å². The van der Waals surface area contributed by atoms with Crippen molar-refractivity contribution in [2.75, 3.05) is 6.54 Å². The van der Waals surface area contributed by atoms with Gasteiger partial charge >= 0.3 is 6.03 Å². The summed E-state index contributed by atoms with van der Waals surface area (Å²) in [7, 11) is 0. The van der Waals surface area contributed by atoms with Gasteiger partial charge < -0.3 is 10.2 Å². The van der Waals surface area contributed by atoms with Gasteiger partial charge in [0.2, 0.25) is 5.91 Å². The topological polar surface area (TPSA) is 69.7 Å². The maximum Gasteiger partial charge on any atom is 0.325 e. The first-order chi connectivity index (χ1) is 13.0. The Morgan fingerprint density at radius 1 is 1.19 bits per heavy atom. The molecule has 0 bridgehead atoms. The molecule has 6 nitrogen and oxygen atoms in total. The van der Waals surface area contributed by atoms with Crippen molar-refractivity contribution in [1.29, 1.82) is 0 Å². The fourth-order valence-corrected chi connectivity index (χ4v) is 4.16. The number of amides is 4. The number of halogens is 1. The molecule has 3 aliphatic rings. The van der Waals surface area contributed by atoms with Gasteiger partial charge in [-0.3, -0.25) is 14.5 Å². The predicted molar refractivity (Wildman–Crippen MR) is 96.0 cm³/mol. The van der Waals surface area contributed by atoms with Gasteiger partial charge in [-0.25, -0.2) is 9.18 Å². The summed E-state index contributed by atoms with van der Waals surface area (Å²) in [5.74, 6) is -0.952. The second kappa shape index (κ2) is 6.94. The number of rotatable bonds is 5. The molecule has 0 radical (unpaired) electrons. The maximum atomic E-state index is 14.0. The maximum absolute atomic E-state index is 14.0. The van der Waals surface area contributed by atoms with Gasteiger partial charge in [-0.2, -0.15) is 0 Å². The summed E-state index contributed by atoms with van der Waals surface area (Å²) in [5.41, 5.74) is -0.385. The molecular weight excluding hydrogens is 349 g/mol. The number of hydrogen-bond acceptors (Lipinski definition) is 3. The minimum absolute atomic E-state index is 0.0570. The first kappa shape index (κ1) is 17.9. The predicted octanol–water partition coefficient (Wildman–Crippen LogP) is 2.57. The molecule has 0 atom stereocenters. The van der Waals surface area contributed by atoms with E-state index in [0.29, 0.717) is 18.4 Å². The Balaban J connectivity index is 1.47. The van der Waals surface area contributed by atoms with Crippen LogP contribution in [0.3, 0.4) is 0 Å². The van der Waals surface area contributed by atoms with Gasteiger partial charge in [0.1, 0.15) is 17.9 Å². The van der Waals surface area contributed by atoms with Crippen molar-refractivity contribution < 1.29 is 18.8 Å². The van der Waals surface area contributed by atoms with Crippen molar-refractivity contribution in [3.63, 3.8) is 0 Å². The summed E-state index contributed by atoms with van der Waals surface area (Å²) in [6.45, 7) is -0.123. The third-order valence-corrected chi connectivity index (χ3v) is 5.85. The van der Waals surface area contributed by atoms with Gasteiger partial charge in [-0.15, -0.1) is 0 Å². The third-order valence-electron chi connectivity index (χ3n) is 5.85. The molecule has 1 heterocycles. The smallest absolute Gasteiger partial charge is 0.325 e. The summed E-state index contributed by atoms with van der Waals surface area (Å²) < 4.78 is 14.0. The quantitative estimate of drug-likeness (QED) is 0.807. The van der Waals surface area contributed by atoms with E-state index < -0.39 is 11.6 Å². The molecular formula is C20H24FN3O3. The Kier molecular flexibility index (Phi) is 4.61. The molecule has 1 aromatic carbocycles. The highest BCUT2D eigenvalue weighted by Gasteiger charge is 2.52. The Labute approximate surface area is 157 Å². The standard InChI is InChI=1S/C20H24FN3O3/c21-16-7-3-2-6-14(16)12-23(15-8-9-15)17(25)13-24-18(26)20(22-19(24)27)10-4-1-5-11-20/h2-3,6-7,15H,1,4-5,8-13H2,(H,22,27). The molecule has 4 rings (SSSR count). The average molecular weight is 373 g/mol. The number of carbonyl (C=O) groups excluding carboxylic acids is 3. The Bertz CT molecular complexity index is 771. The van der Waals surface area contributed by atoms with Crippen molar-refractivity contribution in [2.45, 2.75) is 63.1 Å². The monoisotopic (exact) mass is 373 g/mol. The van der Waals surface area contributed by atoms with Crippen molar-refractivity contribution >= 4 is 17.8 Å². The van der Waals surface area contributed by atoms with Crippen LogP contribution in [-0.4, -0.2) is 45.8 Å². The summed E-state index contributed by atoms with van der Waals surface area (Å²) in [6.07, 6.45) is 5.84. The SMILES string of the molecule is O=C1NC2(CCCCC2)C(=O)N1CC(=O)N(Cc1ccccc1F)C1CC1. The second-order valence-electron chi connectivity index (χ2n) is 7.81. The van der Waals surface area contributed by atoms with Gasteiger partial charge in [0.05, 0.1) is 0 Å². The normalized spacial score (nSPS) is 21.4. The number of nitrogens with zero attached hydrogens (tertiary/aromatic N) is 2. The molecule has 2 aliphatic carbocycles. The van der Waals surface area contributed by atoms with Crippen LogP contribution in [0.25, 0.3) is 0 Å². The third kappa shape index (κ3) is 3.42. The van der Waals surface area contributed by atoms with E-state index in [1.165, 1.54) is 6.07 Å². The molecule has 1 aliphatic heterocycles. The van der Waals surface area contributed by atoms with E-state index >= 15 is 0 Å². The number of carbonyl (C=O) groups is 3. The molecule has 3 fully saturated rings. The summed E-state index contributed by atoms with van der Waals surface area (Å²) >= 11 is 0. The number of nitrogens with one attached hydrogen (secondary N) is 1. The van der Waals surface area contributed by atoms with Crippen LogP contribution in [0.4, 0.5) is 9.18 Å². The van der Waals surface area contributed by atoms with Gasteiger partial charge in [-0.05, 0) is 31.7 Å². The molecule has 0 aromatic heterocycles. The fourth-order valence-electron chi connectivity index (χ4n) is 4.16. The lowest BCUT2D eigenvalue weighted by Gasteiger charge is -2.30. The molecule has 1 aromatic rings. The van der Waals surface area contributed by atoms with E-state index in [1.807, 2.05) is 0 Å². The largest absolute Gasteiger partial charge is 0.334 e. The molecule has 7 heteroatoms. The molecule has 1 N–H and O–H groups in total. The molecule has 0 unspecified atom stereocenters. The molecule has 1 saturated heterocycles. The highest BCUT2D eigenvalue weighted by molar-refractivity contribution is 6.09. The van der Waals surface area contributed by atoms with Crippen LogP contribution in [0.15, 0.2) is 24.3 Å². The first-order valence-electron chi connectivity index (χ1n) is 9.67. The van der Waals surface area contributed by atoms with Gasteiger partial charge in [0.15, 0.2) is 0 Å². The lowest BCUT2D eigenvalue weighted by molar-refractivity contribution is -0.140. The zero-order valence-corrected chi connectivity index (χ0v) is 15.2. The van der Waals surface area contributed by atoms with Crippen LogP contribution < -0.4 is 5.32 Å². The van der Waals surface area contributed by atoms with Gasteiger partial charge in [0, 0.05) is 18.2 Å². The van der Waals surface area contributed by atoms with Crippen molar-refractivity contribution in [1.82, 2.24) is 15.1 Å². The highest BCUT2D eigenvalue weighted by Crippen LogP contribution is 2.34. The fraction of sp³-hybridized carbons (Fsp3) is 0.550. The number of urea groups is 1. The highest BCUT2D eigenvalue weighted by atomic mass is 19.1. The zero-order chi connectivity index (χ0) is 19.0. The van der Waals surface area contributed by atoms with E-state index in [2.05, 4.69) is 5.32 Å². The molecule has 4 amide bonds. The summed E-state index contributed by atoms with van der Waals surface area (Å²) in [4.78, 5) is 40.8. The number of imide groups is 1. The first-order valence-corrected chi connectivity index (χ1v) is 9.67. The van der Waals surface area contributed by atoms with Crippen molar-refractivity contribution in [2.24, 2.45) is 0 Å². The Hall–Kier alpha value is -2.44. The molecule has 1 spiro atoms. The van der Waals surface area contributed by atoms with Crippen LogP contribution in [0.1, 0.15) is 50.5 Å². The van der Waals surface area contributed by atoms with Crippen LogP contribution >= 0.6 is 0 Å². The minimum atomic E-state index is -0.828. The van der Waals surface area contributed by atoms with Gasteiger partial charge in [0.25, 0.3) is 5.91 Å². The lowest BCUT2D eigenvalue weighted by Crippen LogP contribution is -2.49. The van der Waals surface area contributed by atoms with Gasteiger partial charge in [-0.1, -0.05) is 37.5 Å². The van der Waals surface area contributed by atoms with E-state index in [4.69, 9.17) is 0 Å². The lowest BCUT2D eigenvalue weighted by atomic mass is 9.82. The van der Waals surface area contributed by atoms with E-state index in [0.717, 1.165) is 37.0 Å². The zero-order valence-electron chi connectivity index (χ0n) is 15.2. The molecule has 27 heavy (non-hydrogen) atoms. The van der Waals surface area contributed by atoms with Crippen molar-refractivity contribution in [3.05, 3.63) is 35.6 Å². The molecule has 144 valence electrons. The summed E-state index contributed by atoms with van der Waals surface area (Å²) in [5, 5.41) is 2.82. The number of benzene rings is 1. The van der Waals surface area contributed by atoms with E-state index in [-0.39, 0.29) is 36.8 Å². The average Bonchev–Trinajstić information content (AvgIpc) is 3.47. The Morgan fingerprint density at radius 3 is 2.56 bits per heavy atom.